The quantitative estimate of drug-likeness (QED) is 0.698. The molecular weight excluding hydrogens is 280 g/mol. The molecule has 0 N–H and O–H groups in total. The van der Waals surface area contributed by atoms with Gasteiger partial charge in [0.25, 0.3) is 0 Å². The van der Waals surface area contributed by atoms with E-state index in [0.29, 0.717) is 26.1 Å². The fourth-order valence-electron chi connectivity index (χ4n) is 3.10. The second kappa shape index (κ2) is 6.60. The number of likely N-dealkylation sites (tertiary alicyclic amines) is 2. The number of carbonyl (C=O) groups excluding carboxylic acids is 2. The van der Waals surface area contributed by atoms with Crippen LogP contribution in [-0.4, -0.2) is 53.1 Å². The van der Waals surface area contributed by atoms with Gasteiger partial charge in [-0.3, -0.25) is 4.79 Å². The molecule has 122 valence electrons. The first-order chi connectivity index (χ1) is 10.3. The molecule has 0 radical (unpaired) electrons. The molecule has 2 unspecified atom stereocenters. The van der Waals surface area contributed by atoms with Gasteiger partial charge in [-0.25, -0.2) is 4.79 Å². The molecule has 5 nitrogen and oxygen atoms in total. The van der Waals surface area contributed by atoms with Crippen molar-refractivity contribution in [2.75, 3.05) is 19.6 Å². The van der Waals surface area contributed by atoms with Crippen molar-refractivity contribution in [3.63, 3.8) is 0 Å². The second-order valence-electron chi connectivity index (χ2n) is 7.17. The zero-order valence-corrected chi connectivity index (χ0v) is 13.8. The van der Waals surface area contributed by atoms with Crippen LogP contribution < -0.4 is 0 Å². The Morgan fingerprint density at radius 3 is 2.64 bits per heavy atom. The maximum atomic E-state index is 12.2. The van der Waals surface area contributed by atoms with Crippen molar-refractivity contribution in [1.29, 1.82) is 0 Å². The topological polar surface area (TPSA) is 49.9 Å². The third kappa shape index (κ3) is 4.16. The predicted molar refractivity (Wildman–Crippen MR) is 84.1 cm³/mol. The van der Waals surface area contributed by atoms with Gasteiger partial charge in [0.05, 0.1) is 0 Å². The van der Waals surface area contributed by atoms with Crippen molar-refractivity contribution in [2.24, 2.45) is 5.92 Å². The molecule has 0 aromatic rings. The van der Waals surface area contributed by atoms with Crippen LogP contribution in [0.4, 0.5) is 4.79 Å². The maximum Gasteiger partial charge on any atom is 0.410 e. The molecule has 5 heteroatoms. The van der Waals surface area contributed by atoms with Crippen molar-refractivity contribution < 1.29 is 14.3 Å². The number of carbonyl (C=O) groups is 2. The van der Waals surface area contributed by atoms with Crippen LogP contribution in [0.15, 0.2) is 0 Å². The first-order valence-electron chi connectivity index (χ1n) is 8.03. The summed E-state index contributed by atoms with van der Waals surface area (Å²) in [5, 5.41) is 0. The van der Waals surface area contributed by atoms with Crippen LogP contribution in [0.5, 0.6) is 0 Å². The molecule has 0 saturated carbocycles. The van der Waals surface area contributed by atoms with E-state index in [0.717, 1.165) is 19.3 Å². The van der Waals surface area contributed by atoms with Crippen LogP contribution in [0, 0.1) is 18.3 Å². The van der Waals surface area contributed by atoms with Crippen LogP contribution in [0.25, 0.3) is 0 Å². The van der Waals surface area contributed by atoms with E-state index in [2.05, 4.69) is 5.92 Å². The summed E-state index contributed by atoms with van der Waals surface area (Å²) in [6.45, 7) is 7.58. The summed E-state index contributed by atoms with van der Waals surface area (Å²) in [7, 11) is 0. The molecule has 2 heterocycles. The standard InChI is InChI=1S/C17H26N2O3/c1-5-13-11-15(20)19(12-13)14-7-6-9-18(10-8-14)16(21)22-17(2,3)4/h1,13-14H,6-12H2,2-4H3. The van der Waals surface area contributed by atoms with Gasteiger partial charge >= 0.3 is 6.09 Å². The molecule has 0 spiro atoms. The van der Waals surface area contributed by atoms with Crippen molar-refractivity contribution >= 4 is 12.0 Å². The zero-order valence-electron chi connectivity index (χ0n) is 13.8. The van der Waals surface area contributed by atoms with Gasteiger partial charge in [-0.1, -0.05) is 0 Å². The summed E-state index contributed by atoms with van der Waals surface area (Å²) in [5.74, 6) is 2.88. The monoisotopic (exact) mass is 306 g/mol. The smallest absolute Gasteiger partial charge is 0.410 e. The van der Waals surface area contributed by atoms with Crippen LogP contribution in [0.1, 0.15) is 46.5 Å². The van der Waals surface area contributed by atoms with Gasteiger partial charge in [0, 0.05) is 38.0 Å². The Morgan fingerprint density at radius 1 is 1.32 bits per heavy atom. The number of ether oxygens (including phenoxy) is 1. The number of amides is 2. The Hall–Kier alpha value is -1.70. The average Bonchev–Trinajstić information content (AvgIpc) is 2.64. The van der Waals surface area contributed by atoms with E-state index < -0.39 is 5.60 Å². The largest absolute Gasteiger partial charge is 0.444 e. The van der Waals surface area contributed by atoms with Crippen molar-refractivity contribution in [2.45, 2.75) is 58.1 Å². The molecule has 0 aromatic carbocycles. The average molecular weight is 306 g/mol. The third-order valence-corrected chi connectivity index (χ3v) is 4.18. The summed E-state index contributed by atoms with van der Waals surface area (Å²) in [4.78, 5) is 27.9. The molecule has 2 amide bonds. The van der Waals surface area contributed by atoms with E-state index in [4.69, 9.17) is 11.2 Å². The number of nitrogens with zero attached hydrogens (tertiary/aromatic N) is 2. The second-order valence-corrected chi connectivity index (χ2v) is 7.17. The fourth-order valence-corrected chi connectivity index (χ4v) is 3.10. The number of hydrogen-bond acceptors (Lipinski definition) is 3. The van der Waals surface area contributed by atoms with Crippen molar-refractivity contribution in [1.82, 2.24) is 9.80 Å². The Balaban J connectivity index is 1.92. The summed E-state index contributed by atoms with van der Waals surface area (Å²) < 4.78 is 5.43. The van der Waals surface area contributed by atoms with E-state index >= 15 is 0 Å². The molecule has 22 heavy (non-hydrogen) atoms. The Bertz CT molecular complexity index is 475. The van der Waals surface area contributed by atoms with Gasteiger partial charge in [-0.15, -0.1) is 12.3 Å². The maximum absolute atomic E-state index is 12.2. The summed E-state index contributed by atoms with van der Waals surface area (Å²) in [5.41, 5.74) is -0.478. The molecule has 0 aromatic heterocycles. The lowest BCUT2D eigenvalue weighted by Crippen LogP contribution is -2.39. The minimum absolute atomic E-state index is 0.0395. The first-order valence-corrected chi connectivity index (χ1v) is 8.03. The van der Waals surface area contributed by atoms with E-state index in [-0.39, 0.29) is 24.0 Å². The molecular formula is C17H26N2O3. The summed E-state index contributed by atoms with van der Waals surface area (Å²) in [6, 6.07) is 0.193. The Kier molecular flexibility index (Phi) is 5.00. The molecule has 2 aliphatic rings. The molecule has 2 aliphatic heterocycles. The molecule has 2 saturated heterocycles. The van der Waals surface area contributed by atoms with Crippen molar-refractivity contribution in [3.05, 3.63) is 0 Å². The molecule has 0 aliphatic carbocycles. The minimum atomic E-state index is -0.478. The highest BCUT2D eigenvalue weighted by atomic mass is 16.6. The number of rotatable bonds is 1. The lowest BCUT2D eigenvalue weighted by atomic mass is 10.1. The molecule has 2 atom stereocenters. The van der Waals surface area contributed by atoms with Gasteiger partial charge < -0.3 is 14.5 Å². The van der Waals surface area contributed by atoms with Gasteiger partial charge in [0.15, 0.2) is 0 Å². The van der Waals surface area contributed by atoms with Crippen LogP contribution in [0.2, 0.25) is 0 Å². The first kappa shape index (κ1) is 16.7. The molecule has 2 fully saturated rings. The highest BCUT2D eigenvalue weighted by Crippen LogP contribution is 2.25. The summed E-state index contributed by atoms with van der Waals surface area (Å²) in [6.07, 6.45) is 8.24. The van der Waals surface area contributed by atoms with Crippen molar-refractivity contribution in [3.8, 4) is 12.3 Å². The van der Waals surface area contributed by atoms with Crippen LogP contribution in [0.3, 0.4) is 0 Å². The van der Waals surface area contributed by atoms with Gasteiger partial charge in [0.2, 0.25) is 5.91 Å². The van der Waals surface area contributed by atoms with Gasteiger partial charge in [0.1, 0.15) is 5.60 Å². The highest BCUT2D eigenvalue weighted by Gasteiger charge is 2.35. The lowest BCUT2D eigenvalue weighted by molar-refractivity contribution is -0.129. The van der Waals surface area contributed by atoms with Crippen LogP contribution >= 0.6 is 0 Å². The Morgan fingerprint density at radius 2 is 2.05 bits per heavy atom. The number of terminal acetylenes is 1. The van der Waals surface area contributed by atoms with Gasteiger partial charge in [-0.05, 0) is 40.0 Å². The normalized spacial score (nSPS) is 26.5. The van der Waals surface area contributed by atoms with E-state index in [1.807, 2.05) is 25.7 Å². The molecule has 0 bridgehead atoms. The van der Waals surface area contributed by atoms with E-state index in [9.17, 15) is 9.59 Å². The SMILES string of the molecule is C#CC1CC(=O)N(C2CCCN(C(=O)OC(C)(C)C)CC2)C1. The minimum Gasteiger partial charge on any atom is -0.444 e. The van der Waals surface area contributed by atoms with Crippen LogP contribution in [-0.2, 0) is 9.53 Å². The zero-order chi connectivity index (χ0) is 16.3. The Labute approximate surface area is 133 Å². The van der Waals surface area contributed by atoms with E-state index in [1.165, 1.54) is 0 Å². The van der Waals surface area contributed by atoms with E-state index in [1.54, 1.807) is 4.90 Å². The highest BCUT2D eigenvalue weighted by molar-refractivity contribution is 5.79. The third-order valence-electron chi connectivity index (χ3n) is 4.18. The van der Waals surface area contributed by atoms with Gasteiger partial charge in [-0.2, -0.15) is 0 Å². The predicted octanol–water partition coefficient (Wildman–Crippen LogP) is 2.26. The lowest BCUT2D eigenvalue weighted by Gasteiger charge is -2.28. The summed E-state index contributed by atoms with van der Waals surface area (Å²) >= 11 is 0. The fraction of sp³-hybridized carbons (Fsp3) is 0.765. The number of hydrogen-bond donors (Lipinski definition) is 0. The molecule has 2 rings (SSSR count).